The maximum absolute atomic E-state index is 13.5. The minimum absolute atomic E-state index is 0.0133. The fourth-order valence-electron chi connectivity index (χ4n) is 1.96. The molecule has 0 saturated carbocycles. The van der Waals surface area contributed by atoms with Crippen molar-refractivity contribution in [3.63, 3.8) is 0 Å². The first-order valence-electron chi connectivity index (χ1n) is 5.79. The van der Waals surface area contributed by atoms with Crippen molar-refractivity contribution in [3.05, 3.63) is 34.6 Å². The summed E-state index contributed by atoms with van der Waals surface area (Å²) in [7, 11) is 0. The van der Waals surface area contributed by atoms with Crippen molar-refractivity contribution in [3.8, 4) is 0 Å². The molecule has 1 aromatic rings. The van der Waals surface area contributed by atoms with Gasteiger partial charge in [0.2, 0.25) is 5.91 Å². The predicted molar refractivity (Wildman–Crippen MR) is 65.9 cm³/mol. The van der Waals surface area contributed by atoms with Crippen LogP contribution in [0.3, 0.4) is 0 Å². The number of hydrogen-bond donors (Lipinski definition) is 0. The summed E-state index contributed by atoms with van der Waals surface area (Å²) in [6, 6.07) is 4.17. The number of hydrogen-bond acceptors (Lipinski definition) is 2. The van der Waals surface area contributed by atoms with Crippen LogP contribution in [0.2, 0.25) is 5.02 Å². The topological polar surface area (TPSA) is 37.4 Å². The van der Waals surface area contributed by atoms with Crippen molar-refractivity contribution in [1.82, 2.24) is 4.90 Å². The lowest BCUT2D eigenvalue weighted by Gasteiger charge is -2.26. The summed E-state index contributed by atoms with van der Waals surface area (Å²) in [5.41, 5.74) is 0.296. The van der Waals surface area contributed by atoms with Crippen molar-refractivity contribution in [1.29, 1.82) is 0 Å². The number of Topliss-reactive ketones (excluding diaryl/α,β-unsaturated/α-hetero) is 1. The second kappa shape index (κ2) is 5.48. The van der Waals surface area contributed by atoms with Gasteiger partial charge in [-0.05, 0) is 23.8 Å². The van der Waals surface area contributed by atoms with Gasteiger partial charge in [-0.3, -0.25) is 9.59 Å². The molecule has 18 heavy (non-hydrogen) atoms. The normalized spacial score (nSPS) is 15.9. The van der Waals surface area contributed by atoms with E-state index in [9.17, 15) is 14.0 Å². The van der Waals surface area contributed by atoms with Gasteiger partial charge in [-0.2, -0.15) is 0 Å². The highest BCUT2D eigenvalue weighted by Crippen LogP contribution is 2.17. The molecule has 2 rings (SSSR count). The second-order valence-corrected chi connectivity index (χ2v) is 4.77. The number of carbonyl (C=O) groups is 2. The Morgan fingerprint density at radius 3 is 2.67 bits per heavy atom. The van der Waals surface area contributed by atoms with E-state index in [0.717, 1.165) is 0 Å². The number of nitrogens with zero attached hydrogens (tertiary/aromatic N) is 1. The Hall–Kier alpha value is -1.42. The minimum atomic E-state index is -0.430. The van der Waals surface area contributed by atoms with Crippen LogP contribution in [0.4, 0.5) is 4.39 Å². The summed E-state index contributed by atoms with van der Waals surface area (Å²) in [5.74, 6) is -0.419. The standard InChI is InChI=1S/C13H13ClFNO2/c14-10-1-2-12(15)9(7-10)8-13(18)16-5-3-11(17)4-6-16/h1-2,7H,3-6,8H2. The number of halogens is 2. The van der Waals surface area contributed by atoms with Crippen LogP contribution < -0.4 is 0 Å². The summed E-state index contributed by atoms with van der Waals surface area (Å²) in [6.45, 7) is 0.861. The molecule has 1 heterocycles. The zero-order chi connectivity index (χ0) is 13.1. The molecule has 0 radical (unpaired) electrons. The van der Waals surface area contributed by atoms with Crippen LogP contribution in [0.5, 0.6) is 0 Å². The third-order valence-electron chi connectivity index (χ3n) is 3.02. The number of piperidine rings is 1. The van der Waals surface area contributed by atoms with Crippen molar-refractivity contribution < 1.29 is 14.0 Å². The lowest BCUT2D eigenvalue weighted by Crippen LogP contribution is -2.39. The third-order valence-corrected chi connectivity index (χ3v) is 3.26. The van der Waals surface area contributed by atoms with Gasteiger partial charge in [0.1, 0.15) is 11.6 Å². The highest BCUT2D eigenvalue weighted by Gasteiger charge is 2.21. The fourth-order valence-corrected chi connectivity index (χ4v) is 2.15. The van der Waals surface area contributed by atoms with Crippen LogP contribution in [0.1, 0.15) is 18.4 Å². The number of carbonyl (C=O) groups excluding carboxylic acids is 2. The number of likely N-dealkylation sites (tertiary alicyclic amines) is 1. The number of ketones is 1. The zero-order valence-electron chi connectivity index (χ0n) is 9.79. The van der Waals surface area contributed by atoms with Crippen LogP contribution in [0.25, 0.3) is 0 Å². The van der Waals surface area contributed by atoms with E-state index in [2.05, 4.69) is 0 Å². The third kappa shape index (κ3) is 3.07. The van der Waals surface area contributed by atoms with E-state index in [-0.39, 0.29) is 18.1 Å². The van der Waals surface area contributed by atoms with Gasteiger partial charge >= 0.3 is 0 Å². The first-order chi connectivity index (χ1) is 8.56. The Morgan fingerprint density at radius 1 is 1.33 bits per heavy atom. The molecule has 0 aromatic heterocycles. The van der Waals surface area contributed by atoms with E-state index in [1.165, 1.54) is 18.2 Å². The molecule has 1 aliphatic rings. The molecule has 1 saturated heterocycles. The van der Waals surface area contributed by atoms with Crippen LogP contribution >= 0.6 is 11.6 Å². The van der Waals surface area contributed by atoms with Gasteiger partial charge in [0, 0.05) is 31.0 Å². The van der Waals surface area contributed by atoms with Gasteiger partial charge in [-0.1, -0.05) is 11.6 Å². The van der Waals surface area contributed by atoms with Gasteiger partial charge in [-0.25, -0.2) is 4.39 Å². The maximum Gasteiger partial charge on any atom is 0.227 e. The average molecular weight is 270 g/mol. The number of amides is 1. The van der Waals surface area contributed by atoms with Crippen LogP contribution in [-0.4, -0.2) is 29.7 Å². The summed E-state index contributed by atoms with van der Waals surface area (Å²) in [5, 5.41) is 0.410. The summed E-state index contributed by atoms with van der Waals surface area (Å²) in [6.07, 6.45) is 0.772. The molecule has 0 atom stereocenters. The molecule has 3 nitrogen and oxygen atoms in total. The summed E-state index contributed by atoms with van der Waals surface area (Å²) in [4.78, 5) is 24.6. The maximum atomic E-state index is 13.5. The molecule has 1 fully saturated rings. The highest BCUT2D eigenvalue weighted by atomic mass is 35.5. The lowest BCUT2D eigenvalue weighted by molar-refractivity contribution is -0.133. The quantitative estimate of drug-likeness (QED) is 0.826. The van der Waals surface area contributed by atoms with Gasteiger partial charge < -0.3 is 4.90 Å². The zero-order valence-corrected chi connectivity index (χ0v) is 10.5. The molecule has 0 aliphatic carbocycles. The molecule has 1 amide bonds. The van der Waals surface area contributed by atoms with Crippen LogP contribution in [-0.2, 0) is 16.0 Å². The fraction of sp³-hybridized carbons (Fsp3) is 0.385. The largest absolute Gasteiger partial charge is 0.342 e. The van der Waals surface area contributed by atoms with Gasteiger partial charge in [0.25, 0.3) is 0 Å². The average Bonchev–Trinajstić information content (AvgIpc) is 2.34. The van der Waals surface area contributed by atoms with E-state index in [1.807, 2.05) is 0 Å². The molecule has 0 bridgehead atoms. The van der Waals surface area contributed by atoms with E-state index in [0.29, 0.717) is 36.5 Å². The first kappa shape index (κ1) is 13.0. The summed E-state index contributed by atoms with van der Waals surface area (Å²) >= 11 is 5.77. The number of benzene rings is 1. The SMILES string of the molecule is O=C1CCN(C(=O)Cc2cc(Cl)ccc2F)CC1. The monoisotopic (exact) mass is 269 g/mol. The Bertz CT molecular complexity index is 480. The Balaban J connectivity index is 2.02. The smallest absolute Gasteiger partial charge is 0.227 e. The molecular weight excluding hydrogens is 257 g/mol. The van der Waals surface area contributed by atoms with Gasteiger partial charge in [0.05, 0.1) is 6.42 Å². The highest BCUT2D eigenvalue weighted by molar-refractivity contribution is 6.30. The molecule has 0 unspecified atom stereocenters. The van der Waals surface area contributed by atoms with Crippen molar-refractivity contribution >= 4 is 23.3 Å². The van der Waals surface area contributed by atoms with Crippen LogP contribution in [0.15, 0.2) is 18.2 Å². The summed E-state index contributed by atoms with van der Waals surface area (Å²) < 4.78 is 13.5. The number of rotatable bonds is 2. The Morgan fingerprint density at radius 2 is 2.00 bits per heavy atom. The van der Waals surface area contributed by atoms with Gasteiger partial charge in [-0.15, -0.1) is 0 Å². The minimum Gasteiger partial charge on any atom is -0.342 e. The molecular formula is C13H13ClFNO2. The van der Waals surface area contributed by atoms with Crippen molar-refractivity contribution in [2.45, 2.75) is 19.3 Å². The molecule has 0 spiro atoms. The van der Waals surface area contributed by atoms with E-state index >= 15 is 0 Å². The van der Waals surface area contributed by atoms with Crippen molar-refractivity contribution in [2.75, 3.05) is 13.1 Å². The van der Waals surface area contributed by atoms with E-state index in [4.69, 9.17) is 11.6 Å². The molecule has 5 heteroatoms. The predicted octanol–water partition coefficient (Wildman–Crippen LogP) is 2.21. The molecule has 0 N–H and O–H groups in total. The van der Waals surface area contributed by atoms with Crippen LogP contribution in [0, 0.1) is 5.82 Å². The Kier molecular flexibility index (Phi) is 3.97. The molecule has 1 aromatic carbocycles. The van der Waals surface area contributed by atoms with E-state index in [1.54, 1.807) is 4.90 Å². The first-order valence-corrected chi connectivity index (χ1v) is 6.17. The molecule has 96 valence electrons. The molecule has 1 aliphatic heterocycles. The van der Waals surface area contributed by atoms with E-state index < -0.39 is 5.82 Å². The Labute approximate surface area is 110 Å². The second-order valence-electron chi connectivity index (χ2n) is 4.33. The lowest BCUT2D eigenvalue weighted by atomic mass is 10.1. The van der Waals surface area contributed by atoms with Gasteiger partial charge in [0.15, 0.2) is 0 Å². The van der Waals surface area contributed by atoms with Crippen molar-refractivity contribution in [2.24, 2.45) is 0 Å².